The molecule has 1 aliphatic carbocycles. The van der Waals surface area contributed by atoms with E-state index in [-0.39, 0.29) is 22.8 Å². The number of hydrogen-bond acceptors (Lipinski definition) is 4. The van der Waals surface area contributed by atoms with Crippen molar-refractivity contribution in [3.63, 3.8) is 0 Å². The quantitative estimate of drug-likeness (QED) is 0.391. The average Bonchev–Trinajstić information content (AvgIpc) is 3.38. The van der Waals surface area contributed by atoms with Gasteiger partial charge >= 0.3 is 0 Å². The number of aldehydes is 1. The largest absolute Gasteiger partial charge is 0.504 e. The molecule has 4 rings (SSSR count). The molecule has 2 aromatic carbocycles. The van der Waals surface area contributed by atoms with E-state index >= 15 is 0 Å². The number of amides is 1. The molecule has 150 valence electrons. The number of phenols is 2. The third-order valence-electron chi connectivity index (χ3n) is 5.68. The van der Waals surface area contributed by atoms with Gasteiger partial charge in [-0.3, -0.25) is 9.59 Å². The van der Waals surface area contributed by atoms with Crippen LogP contribution < -0.4 is 5.32 Å². The molecule has 0 spiro atoms. The summed E-state index contributed by atoms with van der Waals surface area (Å²) < 4.78 is 0. The number of aromatic nitrogens is 1. The third-order valence-corrected chi connectivity index (χ3v) is 5.68. The molecule has 1 saturated carbocycles. The van der Waals surface area contributed by atoms with Gasteiger partial charge in [-0.2, -0.15) is 0 Å². The SMILES string of the molecule is CC(C)(C)c1[nH]c2ccc(NC(=O)C3(c4ccc(O)c(O)c4)CC3)cc2c1C=O. The molecule has 0 unspecified atom stereocenters. The van der Waals surface area contributed by atoms with E-state index in [0.29, 0.717) is 29.7 Å². The number of rotatable bonds is 4. The topological polar surface area (TPSA) is 102 Å². The van der Waals surface area contributed by atoms with Gasteiger partial charge < -0.3 is 20.5 Å². The monoisotopic (exact) mass is 392 g/mol. The summed E-state index contributed by atoms with van der Waals surface area (Å²) >= 11 is 0. The van der Waals surface area contributed by atoms with E-state index < -0.39 is 5.41 Å². The molecule has 3 aromatic rings. The van der Waals surface area contributed by atoms with Crippen LogP contribution in [0.4, 0.5) is 5.69 Å². The molecular formula is C23H24N2O4. The fraction of sp³-hybridized carbons (Fsp3) is 0.304. The zero-order valence-corrected chi connectivity index (χ0v) is 16.7. The predicted molar refractivity (Wildman–Crippen MR) is 112 cm³/mol. The van der Waals surface area contributed by atoms with Gasteiger partial charge in [0.25, 0.3) is 0 Å². The number of carbonyl (C=O) groups is 2. The van der Waals surface area contributed by atoms with Crippen LogP contribution in [0.5, 0.6) is 11.5 Å². The van der Waals surface area contributed by atoms with Crippen molar-refractivity contribution in [2.75, 3.05) is 5.32 Å². The minimum absolute atomic E-state index is 0.166. The van der Waals surface area contributed by atoms with E-state index in [4.69, 9.17) is 0 Å². The molecule has 6 nitrogen and oxygen atoms in total. The lowest BCUT2D eigenvalue weighted by molar-refractivity contribution is -0.118. The predicted octanol–water partition coefficient (Wildman–Crippen LogP) is 4.36. The number of aromatic amines is 1. The molecule has 0 radical (unpaired) electrons. The minimum atomic E-state index is -0.706. The Morgan fingerprint density at radius 2 is 1.83 bits per heavy atom. The third kappa shape index (κ3) is 3.14. The Kier molecular flexibility index (Phi) is 4.19. The van der Waals surface area contributed by atoms with Crippen LogP contribution in [-0.2, 0) is 15.6 Å². The lowest BCUT2D eigenvalue weighted by atomic mass is 9.89. The normalized spacial score (nSPS) is 15.3. The van der Waals surface area contributed by atoms with Crippen LogP contribution in [0.3, 0.4) is 0 Å². The molecular weight excluding hydrogens is 368 g/mol. The maximum absolute atomic E-state index is 13.0. The number of H-pyrrole nitrogens is 1. The molecule has 1 heterocycles. The summed E-state index contributed by atoms with van der Waals surface area (Å²) in [5, 5.41) is 23.0. The first-order valence-corrected chi connectivity index (χ1v) is 9.61. The van der Waals surface area contributed by atoms with E-state index in [9.17, 15) is 19.8 Å². The summed E-state index contributed by atoms with van der Waals surface area (Å²) in [5.41, 5.74) is 2.69. The van der Waals surface area contributed by atoms with Crippen LogP contribution in [-0.4, -0.2) is 27.4 Å². The maximum atomic E-state index is 13.0. The van der Waals surface area contributed by atoms with Crippen LogP contribution in [0.2, 0.25) is 0 Å². The first kappa shape index (κ1) is 19.1. The van der Waals surface area contributed by atoms with Gasteiger partial charge in [-0.1, -0.05) is 26.8 Å². The van der Waals surface area contributed by atoms with Gasteiger partial charge in [0, 0.05) is 33.3 Å². The summed E-state index contributed by atoms with van der Waals surface area (Å²) in [5.74, 6) is -0.610. The number of hydrogen-bond donors (Lipinski definition) is 4. The Balaban J connectivity index is 1.66. The number of benzene rings is 2. The minimum Gasteiger partial charge on any atom is -0.504 e. The number of carbonyl (C=O) groups excluding carboxylic acids is 2. The van der Waals surface area contributed by atoms with Crippen LogP contribution in [0, 0.1) is 0 Å². The van der Waals surface area contributed by atoms with Crippen molar-refractivity contribution in [2.24, 2.45) is 0 Å². The number of anilines is 1. The smallest absolute Gasteiger partial charge is 0.235 e. The van der Waals surface area contributed by atoms with Gasteiger partial charge in [-0.25, -0.2) is 0 Å². The molecule has 4 N–H and O–H groups in total. The molecule has 0 saturated heterocycles. The summed E-state index contributed by atoms with van der Waals surface area (Å²) in [6.45, 7) is 6.12. The van der Waals surface area contributed by atoms with Crippen LogP contribution in [0.15, 0.2) is 36.4 Å². The first-order chi connectivity index (χ1) is 13.7. The van der Waals surface area contributed by atoms with E-state index in [1.54, 1.807) is 6.07 Å². The summed E-state index contributed by atoms with van der Waals surface area (Å²) in [6, 6.07) is 9.98. The van der Waals surface area contributed by atoms with E-state index in [2.05, 4.69) is 10.3 Å². The average molecular weight is 392 g/mol. The van der Waals surface area contributed by atoms with Crippen LogP contribution >= 0.6 is 0 Å². The lowest BCUT2D eigenvalue weighted by Crippen LogP contribution is -2.27. The van der Waals surface area contributed by atoms with E-state index in [0.717, 1.165) is 22.9 Å². The van der Waals surface area contributed by atoms with Gasteiger partial charge in [-0.15, -0.1) is 0 Å². The highest BCUT2D eigenvalue weighted by atomic mass is 16.3. The summed E-state index contributed by atoms with van der Waals surface area (Å²) in [4.78, 5) is 28.1. The Hall–Kier alpha value is -3.28. The van der Waals surface area contributed by atoms with Crippen molar-refractivity contribution in [2.45, 2.75) is 44.4 Å². The molecule has 0 bridgehead atoms. The van der Waals surface area contributed by atoms with Crippen molar-refractivity contribution in [1.29, 1.82) is 0 Å². The second kappa shape index (κ2) is 6.37. The van der Waals surface area contributed by atoms with Gasteiger partial charge in [-0.05, 0) is 48.7 Å². The molecule has 1 fully saturated rings. The van der Waals surface area contributed by atoms with Crippen molar-refractivity contribution >= 4 is 28.8 Å². The van der Waals surface area contributed by atoms with Gasteiger partial charge in [0.1, 0.15) is 0 Å². The molecule has 1 aliphatic rings. The number of nitrogens with one attached hydrogen (secondary N) is 2. The summed E-state index contributed by atoms with van der Waals surface area (Å²) in [7, 11) is 0. The van der Waals surface area contributed by atoms with Crippen molar-refractivity contribution in [3.05, 3.63) is 53.2 Å². The highest BCUT2D eigenvalue weighted by Crippen LogP contribution is 2.50. The Morgan fingerprint density at radius 1 is 1.10 bits per heavy atom. The fourth-order valence-corrected chi connectivity index (χ4v) is 3.85. The summed E-state index contributed by atoms with van der Waals surface area (Å²) in [6.07, 6.45) is 2.19. The van der Waals surface area contributed by atoms with Crippen molar-refractivity contribution in [1.82, 2.24) is 4.98 Å². The molecule has 1 amide bonds. The van der Waals surface area contributed by atoms with E-state index in [1.807, 2.05) is 39.0 Å². The van der Waals surface area contributed by atoms with Crippen molar-refractivity contribution in [3.8, 4) is 11.5 Å². The Bertz CT molecular complexity index is 1130. The molecule has 6 heteroatoms. The first-order valence-electron chi connectivity index (χ1n) is 9.61. The maximum Gasteiger partial charge on any atom is 0.235 e. The Labute approximate surface area is 168 Å². The second-order valence-electron chi connectivity index (χ2n) is 8.78. The molecule has 29 heavy (non-hydrogen) atoms. The van der Waals surface area contributed by atoms with Gasteiger partial charge in [0.15, 0.2) is 17.8 Å². The standard InChI is InChI=1S/C23H24N2O4/c1-22(2,3)20-16(12-26)15-11-14(5-6-17(15)25-20)24-21(29)23(8-9-23)13-4-7-18(27)19(28)10-13/h4-7,10-12,25,27-28H,8-9H2,1-3H3,(H,24,29). The van der Waals surface area contributed by atoms with Crippen LogP contribution in [0.1, 0.15) is 55.2 Å². The molecule has 0 atom stereocenters. The fourth-order valence-electron chi connectivity index (χ4n) is 3.85. The van der Waals surface area contributed by atoms with E-state index in [1.165, 1.54) is 12.1 Å². The molecule has 1 aromatic heterocycles. The second-order valence-corrected chi connectivity index (χ2v) is 8.78. The molecule has 0 aliphatic heterocycles. The van der Waals surface area contributed by atoms with Crippen molar-refractivity contribution < 1.29 is 19.8 Å². The zero-order chi connectivity index (χ0) is 21.0. The number of phenolic OH excluding ortho intramolecular Hbond substituents is 2. The highest BCUT2D eigenvalue weighted by molar-refractivity contribution is 6.05. The Morgan fingerprint density at radius 3 is 2.41 bits per heavy atom. The van der Waals surface area contributed by atoms with Gasteiger partial charge in [0.05, 0.1) is 5.41 Å². The lowest BCUT2D eigenvalue weighted by Gasteiger charge is -2.17. The number of aromatic hydroxyl groups is 2. The highest BCUT2D eigenvalue weighted by Gasteiger charge is 2.51. The zero-order valence-electron chi connectivity index (χ0n) is 16.7. The van der Waals surface area contributed by atoms with Crippen LogP contribution in [0.25, 0.3) is 10.9 Å². The van der Waals surface area contributed by atoms with Gasteiger partial charge in [0.2, 0.25) is 5.91 Å². The number of fused-ring (bicyclic) bond motifs is 1.